The molecule has 1 atom stereocenters. The molecule has 14 heteroatoms. The zero-order chi connectivity index (χ0) is 57.7. The first kappa shape index (κ1) is 57.5. The van der Waals surface area contributed by atoms with Crippen LogP contribution in [0.1, 0.15) is 108 Å². The zero-order valence-corrected chi connectivity index (χ0v) is 49.8. The predicted molar refractivity (Wildman–Crippen MR) is 330 cm³/mol. The van der Waals surface area contributed by atoms with Crippen molar-refractivity contribution in [2.24, 2.45) is 0 Å². The first-order valence-corrected chi connectivity index (χ1v) is 31.7. The average molecular weight is 1140 g/mol. The Bertz CT molecular complexity index is 3360. The summed E-state index contributed by atoms with van der Waals surface area (Å²) in [4.78, 5) is 52.1. The van der Waals surface area contributed by atoms with Gasteiger partial charge in [-0.1, -0.05) is 52.4 Å². The zero-order valence-electron chi connectivity index (χ0n) is 48.0. The summed E-state index contributed by atoms with van der Waals surface area (Å²) in [7, 11) is 2.96. The predicted octanol–water partition coefficient (Wildman–Crippen LogP) is 9.70. The number of carbonyl (C=O) groups is 3. The average Bonchev–Trinajstić information content (AvgIpc) is 3.09. The van der Waals surface area contributed by atoms with Crippen LogP contribution in [0.5, 0.6) is 34.5 Å². The quantitative estimate of drug-likeness (QED) is 0.0327. The van der Waals surface area contributed by atoms with Crippen molar-refractivity contribution in [3.63, 3.8) is 0 Å². The van der Waals surface area contributed by atoms with Gasteiger partial charge in [-0.05, 0) is 182 Å². The van der Waals surface area contributed by atoms with Crippen LogP contribution in [0.2, 0.25) is 0 Å². The van der Waals surface area contributed by atoms with E-state index < -0.39 is 38.5 Å². The molecule has 12 nitrogen and oxygen atoms in total. The second-order valence-corrected chi connectivity index (χ2v) is 27.4. The molecular weight excluding hydrogens is 1070 g/mol. The molecule has 2 aliphatic rings. The van der Waals surface area contributed by atoms with Crippen LogP contribution < -0.4 is 76.0 Å². The Morgan fingerprint density at radius 2 is 0.707 bits per heavy atom. The molecule has 0 aliphatic carbocycles. The summed E-state index contributed by atoms with van der Waals surface area (Å²) in [5.74, 6) is 2.39. The van der Waals surface area contributed by atoms with Gasteiger partial charge in [0.1, 0.15) is 91.5 Å². The van der Waals surface area contributed by atoms with Crippen molar-refractivity contribution >= 4 is 85.5 Å². The molecule has 3 amide bonds. The molecule has 2 aliphatic heterocycles. The maximum Gasteiger partial charge on any atom is 0.265 e. The van der Waals surface area contributed by atoms with Crippen molar-refractivity contribution in [1.82, 2.24) is 9.80 Å². The van der Waals surface area contributed by atoms with Crippen molar-refractivity contribution in [3.8, 4) is 34.5 Å². The molecule has 8 aromatic carbocycles. The topological polar surface area (TPSA) is 136 Å². The summed E-state index contributed by atoms with van der Waals surface area (Å²) >= 11 is 0. The van der Waals surface area contributed by atoms with Crippen molar-refractivity contribution in [1.29, 1.82) is 0 Å². The second-order valence-electron chi connectivity index (χ2n) is 20.7. The summed E-state index contributed by atoms with van der Waals surface area (Å²) in [6, 6.07) is 51.3. The first-order valence-electron chi connectivity index (χ1n) is 28.2. The molecule has 422 valence electrons. The molecule has 0 aromatic heterocycles. The highest BCUT2D eigenvalue weighted by molar-refractivity contribution is 8.02. The molecule has 0 radical (unpaired) electrons. The minimum atomic E-state index is -3.40. The largest absolute Gasteiger partial charge is 0.833 e. The molecule has 2 heterocycles. The van der Waals surface area contributed by atoms with Gasteiger partial charge in [0.05, 0.1) is 59.3 Å². The third-order valence-corrected chi connectivity index (χ3v) is 24.9. The summed E-state index contributed by atoms with van der Waals surface area (Å²) in [6.45, 7) is 4.60. The lowest BCUT2D eigenvalue weighted by atomic mass is 9.85. The Morgan fingerprint density at radius 1 is 0.390 bits per heavy atom. The van der Waals surface area contributed by atoms with E-state index in [2.05, 4.69) is 13.8 Å². The van der Waals surface area contributed by atoms with Crippen molar-refractivity contribution < 1.29 is 47.9 Å². The van der Waals surface area contributed by atoms with Crippen molar-refractivity contribution in [2.75, 3.05) is 55.7 Å². The van der Waals surface area contributed by atoms with E-state index in [4.69, 9.17) is 28.4 Å². The molecule has 0 fully saturated rings. The van der Waals surface area contributed by atoms with E-state index in [0.29, 0.717) is 79.8 Å². The minimum absolute atomic E-state index is 0.153. The van der Waals surface area contributed by atoms with E-state index in [1.54, 1.807) is 42.7 Å². The van der Waals surface area contributed by atoms with E-state index in [1.165, 1.54) is 9.80 Å². The highest BCUT2D eigenvalue weighted by Crippen LogP contribution is 2.61. The summed E-state index contributed by atoms with van der Waals surface area (Å²) in [5, 5.41) is 23.3. The molecule has 0 saturated heterocycles. The smallest absolute Gasteiger partial charge is 0.265 e. The molecule has 8 aromatic rings. The van der Waals surface area contributed by atoms with Crippen LogP contribution in [-0.4, -0.2) is 83.3 Å². The van der Waals surface area contributed by atoms with Gasteiger partial charge in [-0.3, -0.25) is 19.3 Å². The van der Waals surface area contributed by atoms with E-state index in [-0.39, 0.29) is 24.2 Å². The molecular formula is C68H71N2O10P2+. The Hall–Kier alpha value is -7.75. The first-order chi connectivity index (χ1) is 40.0. The summed E-state index contributed by atoms with van der Waals surface area (Å²) < 4.78 is 34.7. The van der Waals surface area contributed by atoms with Gasteiger partial charge in [-0.25, -0.2) is 0 Å². The number of hydrogen-bond donors (Lipinski definition) is 0. The number of rotatable bonds is 24. The minimum Gasteiger partial charge on any atom is -0.833 e. The standard InChI is InChI=1S/C68H71N2O10P2/c1-9-11-13-15-41-69-65(71)57-43-60(82(54-35-23-48(78-6)24-36-54,55-37-25-49(79-7)26-38-55)56-39-27-50(80-8)28-40-56)64-62-58(66(72)70(68(64)74)42-16-14-12-10-2)44-59(63(61(57)62)67(69)73)81(51-29-17-45(75-3)18-30-51,52-31-19-46(76-4)20-32-52)53-33-21-47(77-5)22-34-53/h17-40,43-44,65H,9-16,41-42H2,1-8H3/q+1. The molecule has 1 unspecified atom stereocenters. The molecule has 82 heavy (non-hydrogen) atoms. The van der Waals surface area contributed by atoms with Crippen LogP contribution >= 0.6 is 14.5 Å². The Morgan fingerprint density at radius 3 is 1.04 bits per heavy atom. The third kappa shape index (κ3) is 9.92. The number of nitrogens with zero attached hydrogens (tertiary/aromatic N) is 2. The van der Waals surface area contributed by atoms with Gasteiger partial charge in [0.2, 0.25) is 0 Å². The lowest BCUT2D eigenvalue weighted by Gasteiger charge is -2.44. The molecule has 10 rings (SSSR count). The number of unbranched alkanes of at least 4 members (excludes halogenated alkanes) is 6. The monoisotopic (exact) mass is 1140 g/mol. The second kappa shape index (κ2) is 24.8. The fraction of sp³-hybridized carbons (Fsp3) is 0.279. The Labute approximate surface area is 482 Å². The third-order valence-electron chi connectivity index (χ3n) is 16.3. The number of hydrogen-bond acceptors (Lipinski definition) is 10. The fourth-order valence-electron chi connectivity index (χ4n) is 12.1. The normalized spacial score (nSPS) is 14.1. The number of imide groups is 1. The number of benzene rings is 8. The van der Waals surface area contributed by atoms with Gasteiger partial charge in [0.15, 0.2) is 0 Å². The van der Waals surface area contributed by atoms with E-state index in [0.717, 1.165) is 70.4 Å². The fourth-order valence-corrected chi connectivity index (χ4v) is 20.9. The lowest BCUT2D eigenvalue weighted by molar-refractivity contribution is -0.458. The molecule has 0 N–H and O–H groups in total. The van der Waals surface area contributed by atoms with Gasteiger partial charge >= 0.3 is 0 Å². The summed E-state index contributed by atoms with van der Waals surface area (Å²) in [5.41, 5.74) is 1.14. The van der Waals surface area contributed by atoms with Crippen LogP contribution in [0.3, 0.4) is 0 Å². The SMILES string of the molecule is CCCCCCN1C(=O)c2cc([P+](c3ccc(OC)cc3)(c3ccc(OC)cc3)c3ccc(OC)cc3)c3c4c(cc([P+](c5ccc(OC)cc5)(c5ccc(OC)cc5)c5ccc(OC)cc5)c(c24)C1=O)C([O-])N(CCCCCC)C3=O. The number of ether oxygens (including phenoxy) is 6. The van der Waals surface area contributed by atoms with Crippen molar-refractivity contribution in [3.05, 3.63) is 180 Å². The van der Waals surface area contributed by atoms with Crippen LogP contribution in [0.25, 0.3) is 10.8 Å². The van der Waals surface area contributed by atoms with Gasteiger partial charge < -0.3 is 38.4 Å². The van der Waals surface area contributed by atoms with Gasteiger partial charge in [-0.2, -0.15) is 0 Å². The van der Waals surface area contributed by atoms with Crippen LogP contribution in [0.15, 0.2) is 158 Å². The Kier molecular flexibility index (Phi) is 17.4. The number of methoxy groups -OCH3 is 6. The highest BCUT2D eigenvalue weighted by Gasteiger charge is 2.57. The van der Waals surface area contributed by atoms with Gasteiger partial charge in [0.25, 0.3) is 17.7 Å². The van der Waals surface area contributed by atoms with Crippen LogP contribution in [-0.2, 0) is 0 Å². The maximum absolute atomic E-state index is 16.5. The maximum atomic E-state index is 16.5. The molecule has 0 bridgehead atoms. The molecule has 0 saturated carbocycles. The number of carbonyl (C=O) groups excluding carboxylic acids is 3. The lowest BCUT2D eigenvalue weighted by Crippen LogP contribution is -2.52. The van der Waals surface area contributed by atoms with Crippen molar-refractivity contribution in [2.45, 2.75) is 71.4 Å². The van der Waals surface area contributed by atoms with Gasteiger partial charge in [0, 0.05) is 23.9 Å². The van der Waals surface area contributed by atoms with E-state index in [1.807, 2.05) is 158 Å². The highest BCUT2D eigenvalue weighted by atomic mass is 31.2. The Balaban J connectivity index is 1.45. The van der Waals surface area contributed by atoms with Crippen LogP contribution in [0, 0.1) is 0 Å². The van der Waals surface area contributed by atoms with E-state index in [9.17, 15) is 0 Å². The molecule has 0 spiro atoms. The summed E-state index contributed by atoms with van der Waals surface area (Å²) in [6.07, 6.45) is 4.81. The number of amides is 3. The van der Waals surface area contributed by atoms with Gasteiger partial charge in [-0.15, -0.1) is 0 Å². The van der Waals surface area contributed by atoms with E-state index >= 15 is 19.5 Å². The van der Waals surface area contributed by atoms with Crippen LogP contribution in [0.4, 0.5) is 0 Å².